The maximum atomic E-state index is 13.0. The van der Waals surface area contributed by atoms with Gasteiger partial charge in [0.15, 0.2) is 0 Å². The van der Waals surface area contributed by atoms with Crippen LogP contribution in [0.15, 0.2) is 27.8 Å². The highest BCUT2D eigenvalue weighted by molar-refractivity contribution is 9.10. The van der Waals surface area contributed by atoms with Gasteiger partial charge in [0.25, 0.3) is 5.91 Å². The van der Waals surface area contributed by atoms with Gasteiger partial charge < -0.3 is 4.90 Å². The molecule has 1 amide bonds. The summed E-state index contributed by atoms with van der Waals surface area (Å²) in [6, 6.07) is 1.71. The number of rotatable bonds is 3. The zero-order valence-corrected chi connectivity index (χ0v) is 17.2. The highest BCUT2D eigenvalue weighted by atomic mass is 79.9. The molecule has 0 aromatic carbocycles. The highest BCUT2D eigenvalue weighted by Gasteiger charge is 2.34. The van der Waals surface area contributed by atoms with Crippen LogP contribution < -0.4 is 0 Å². The first-order valence-electron chi connectivity index (χ1n) is 8.12. The molecule has 0 atom stereocenters. The van der Waals surface area contributed by atoms with Crippen LogP contribution in [0, 0.1) is 13.8 Å². The van der Waals surface area contributed by atoms with E-state index in [0.29, 0.717) is 30.0 Å². The minimum absolute atomic E-state index is 0.149. The van der Waals surface area contributed by atoms with E-state index >= 15 is 0 Å². The number of pyridine rings is 1. The summed E-state index contributed by atoms with van der Waals surface area (Å²) in [6.07, 6.45) is 3.12. The fraction of sp³-hybridized carbons (Fsp3) is 0.438. The number of carbonyl (C=O) groups is 1. The molecule has 3 rings (SSSR count). The summed E-state index contributed by atoms with van der Waals surface area (Å²) in [5, 5.41) is 4.20. The van der Waals surface area contributed by atoms with Crippen molar-refractivity contribution in [1.29, 1.82) is 0 Å². The van der Waals surface area contributed by atoms with Crippen molar-refractivity contribution in [1.82, 2.24) is 24.0 Å². The summed E-state index contributed by atoms with van der Waals surface area (Å²) in [6.45, 7) is 4.62. The molecule has 0 radical (unpaired) electrons. The van der Waals surface area contributed by atoms with Crippen LogP contribution in [0.25, 0.3) is 0 Å². The van der Waals surface area contributed by atoms with Crippen LogP contribution in [0.5, 0.6) is 0 Å². The van der Waals surface area contributed by atoms with Crippen LogP contribution >= 0.6 is 15.9 Å². The van der Waals surface area contributed by atoms with Crippen LogP contribution in [0.2, 0.25) is 0 Å². The van der Waals surface area contributed by atoms with Crippen molar-refractivity contribution in [3.8, 4) is 0 Å². The second-order valence-electron chi connectivity index (χ2n) is 6.21. The minimum atomic E-state index is -3.63. The van der Waals surface area contributed by atoms with Gasteiger partial charge in [-0.2, -0.15) is 9.40 Å². The zero-order chi connectivity index (χ0) is 19.1. The molecule has 0 N–H and O–H groups in total. The Morgan fingerprint density at radius 2 is 1.81 bits per heavy atom. The van der Waals surface area contributed by atoms with Gasteiger partial charge in [-0.1, -0.05) is 0 Å². The minimum Gasteiger partial charge on any atom is -0.336 e. The summed E-state index contributed by atoms with van der Waals surface area (Å²) in [7, 11) is -1.90. The summed E-state index contributed by atoms with van der Waals surface area (Å²) in [4.78, 5) is 18.5. The molecule has 1 aliphatic rings. The first-order valence-corrected chi connectivity index (χ1v) is 10.4. The molecular formula is C16H20BrN5O3S. The summed E-state index contributed by atoms with van der Waals surface area (Å²) in [5.41, 5.74) is 1.58. The van der Waals surface area contributed by atoms with E-state index in [1.807, 2.05) is 0 Å². The molecule has 10 heteroatoms. The number of aromatic nitrogens is 3. The monoisotopic (exact) mass is 441 g/mol. The Morgan fingerprint density at radius 3 is 2.35 bits per heavy atom. The van der Waals surface area contributed by atoms with Gasteiger partial charge in [-0.3, -0.25) is 14.5 Å². The molecule has 140 valence electrons. The Labute approximate surface area is 161 Å². The molecule has 8 nitrogen and oxygen atoms in total. The van der Waals surface area contributed by atoms with Crippen LogP contribution in [0.4, 0.5) is 0 Å². The molecule has 3 heterocycles. The predicted octanol–water partition coefficient (Wildman–Crippen LogP) is 1.34. The van der Waals surface area contributed by atoms with E-state index in [0.717, 1.165) is 4.47 Å². The number of amides is 1. The van der Waals surface area contributed by atoms with Gasteiger partial charge in [0.1, 0.15) is 4.90 Å². The normalized spacial score (nSPS) is 16.1. The maximum Gasteiger partial charge on any atom is 0.255 e. The third-order valence-corrected chi connectivity index (χ3v) is 7.10. The molecule has 2 aromatic rings. The standard InChI is InChI=1S/C16H20BrN5O3S/c1-11-15(12(2)20(3)19-11)26(24,25)22-6-4-21(5-7-22)16(23)13-8-14(17)10-18-9-13/h8-10H,4-7H2,1-3H3. The van der Waals surface area contributed by atoms with E-state index in [1.165, 1.54) is 10.5 Å². The molecule has 0 aliphatic carbocycles. The third kappa shape index (κ3) is 3.40. The van der Waals surface area contributed by atoms with Gasteiger partial charge in [-0.05, 0) is 35.8 Å². The van der Waals surface area contributed by atoms with E-state index in [-0.39, 0.29) is 23.9 Å². The van der Waals surface area contributed by atoms with Crippen LogP contribution in [-0.4, -0.2) is 64.5 Å². The predicted molar refractivity (Wildman–Crippen MR) is 99.3 cm³/mol. The van der Waals surface area contributed by atoms with E-state index in [1.54, 1.807) is 42.7 Å². The van der Waals surface area contributed by atoms with Crippen LogP contribution in [0.3, 0.4) is 0 Å². The number of hydrogen-bond acceptors (Lipinski definition) is 5. The van der Waals surface area contributed by atoms with Gasteiger partial charge in [0.05, 0.1) is 17.0 Å². The van der Waals surface area contributed by atoms with E-state index in [9.17, 15) is 13.2 Å². The quantitative estimate of drug-likeness (QED) is 0.716. The molecule has 1 aliphatic heterocycles. The lowest BCUT2D eigenvalue weighted by atomic mass is 10.2. The Hall–Kier alpha value is -1.78. The SMILES string of the molecule is Cc1nn(C)c(C)c1S(=O)(=O)N1CCN(C(=O)c2cncc(Br)c2)CC1. The summed E-state index contributed by atoms with van der Waals surface area (Å²) >= 11 is 3.30. The number of carbonyl (C=O) groups excluding carboxylic acids is 1. The largest absolute Gasteiger partial charge is 0.336 e. The van der Waals surface area contributed by atoms with Crippen LogP contribution in [0.1, 0.15) is 21.7 Å². The Balaban J connectivity index is 1.75. The van der Waals surface area contributed by atoms with Crippen molar-refractivity contribution in [3.63, 3.8) is 0 Å². The number of hydrogen-bond donors (Lipinski definition) is 0. The van der Waals surface area contributed by atoms with E-state index in [4.69, 9.17) is 0 Å². The highest BCUT2D eigenvalue weighted by Crippen LogP contribution is 2.24. The van der Waals surface area contributed by atoms with Crippen molar-refractivity contribution < 1.29 is 13.2 Å². The first kappa shape index (κ1) is 19.0. The van der Waals surface area contributed by atoms with Crippen molar-refractivity contribution in [2.45, 2.75) is 18.7 Å². The summed E-state index contributed by atoms with van der Waals surface area (Å²) < 4.78 is 29.7. The topological polar surface area (TPSA) is 88.4 Å². The molecule has 0 saturated carbocycles. The van der Waals surface area contributed by atoms with Gasteiger partial charge in [-0.25, -0.2) is 8.42 Å². The molecule has 0 unspecified atom stereocenters. The molecule has 1 fully saturated rings. The van der Waals surface area contributed by atoms with Crippen molar-refractivity contribution in [2.24, 2.45) is 7.05 Å². The lowest BCUT2D eigenvalue weighted by Gasteiger charge is -2.34. The number of aryl methyl sites for hydroxylation is 2. The molecule has 2 aromatic heterocycles. The molecule has 0 spiro atoms. The van der Waals surface area contributed by atoms with Gasteiger partial charge >= 0.3 is 0 Å². The molecular weight excluding hydrogens is 422 g/mol. The van der Waals surface area contributed by atoms with Crippen LogP contribution in [-0.2, 0) is 17.1 Å². The number of halogens is 1. The number of nitrogens with zero attached hydrogens (tertiary/aromatic N) is 5. The van der Waals surface area contributed by atoms with Crippen molar-refractivity contribution >= 4 is 31.9 Å². The number of sulfonamides is 1. The van der Waals surface area contributed by atoms with Gasteiger partial charge in [-0.15, -0.1) is 0 Å². The molecule has 1 saturated heterocycles. The van der Waals surface area contributed by atoms with Crippen molar-refractivity contribution in [3.05, 3.63) is 39.9 Å². The molecule has 0 bridgehead atoms. The smallest absolute Gasteiger partial charge is 0.255 e. The zero-order valence-electron chi connectivity index (χ0n) is 14.8. The Bertz CT molecular complexity index is 949. The third-order valence-electron chi connectivity index (χ3n) is 4.52. The lowest BCUT2D eigenvalue weighted by molar-refractivity contribution is 0.0697. The average molecular weight is 442 g/mol. The van der Waals surface area contributed by atoms with E-state index < -0.39 is 10.0 Å². The fourth-order valence-electron chi connectivity index (χ4n) is 3.10. The lowest BCUT2D eigenvalue weighted by Crippen LogP contribution is -2.50. The maximum absolute atomic E-state index is 13.0. The molecule has 26 heavy (non-hydrogen) atoms. The fourth-order valence-corrected chi connectivity index (χ4v) is 5.29. The Morgan fingerprint density at radius 1 is 1.15 bits per heavy atom. The number of piperazine rings is 1. The summed E-state index contributed by atoms with van der Waals surface area (Å²) in [5.74, 6) is -0.149. The average Bonchev–Trinajstić information content (AvgIpc) is 2.87. The van der Waals surface area contributed by atoms with Gasteiger partial charge in [0.2, 0.25) is 10.0 Å². The second kappa shape index (κ2) is 7.09. The van der Waals surface area contributed by atoms with Crippen molar-refractivity contribution in [2.75, 3.05) is 26.2 Å². The second-order valence-corrected chi connectivity index (χ2v) is 9.00. The van der Waals surface area contributed by atoms with E-state index in [2.05, 4.69) is 26.0 Å². The Kier molecular flexibility index (Phi) is 5.18. The first-order chi connectivity index (χ1) is 12.2. The van der Waals surface area contributed by atoms with Gasteiger partial charge in [0, 0.05) is 50.1 Å².